The van der Waals surface area contributed by atoms with Crippen molar-refractivity contribution in [3.8, 4) is 0 Å². The lowest BCUT2D eigenvalue weighted by Crippen LogP contribution is -2.43. The maximum Gasteiger partial charge on any atom is 0.470 e. The molecule has 0 amide bonds. The highest BCUT2D eigenvalue weighted by Crippen LogP contribution is 2.39. The predicted octanol–water partition coefficient (Wildman–Crippen LogP) is 7.57. The van der Waals surface area contributed by atoms with Crippen molar-refractivity contribution < 1.29 is 28.1 Å². The van der Waals surface area contributed by atoms with Gasteiger partial charge in [0.1, 0.15) is 12.6 Å². The molecule has 2 N–H and O–H groups in total. The molecule has 0 rings (SSSR count). The van der Waals surface area contributed by atoms with Gasteiger partial charge >= 0.3 is 7.82 Å². The van der Waals surface area contributed by atoms with Crippen molar-refractivity contribution in [2.75, 3.05) is 46.3 Å². The Bertz CT molecular complexity index is 512. The Hall–Kier alpha value is 0.380. The molecule has 0 aromatic rings. The first-order chi connectivity index (χ1) is 16.6. The Morgan fingerprint density at radius 1 is 0.743 bits per heavy atom. The van der Waals surface area contributed by atoms with Gasteiger partial charge in [-0.2, -0.15) is 11.8 Å². The van der Waals surface area contributed by atoms with Crippen LogP contribution in [-0.4, -0.2) is 72.8 Å². The fourth-order valence-corrected chi connectivity index (χ4v) is 6.10. The maximum absolute atomic E-state index is 11.4. The van der Waals surface area contributed by atoms with Crippen LogP contribution in [-0.2, 0) is 13.8 Å². The van der Waals surface area contributed by atoms with Crippen LogP contribution in [0.3, 0.4) is 0 Å². The minimum absolute atomic E-state index is 0.0656. The van der Waals surface area contributed by atoms with E-state index in [0.29, 0.717) is 17.4 Å². The summed E-state index contributed by atoms with van der Waals surface area (Å²) in [5, 5.41) is 0. The maximum atomic E-state index is 11.4. The normalized spacial score (nSPS) is 14.4. The van der Waals surface area contributed by atoms with Gasteiger partial charge in [-0.1, -0.05) is 103 Å². The summed E-state index contributed by atoms with van der Waals surface area (Å²) in [6, 6.07) is 0. The highest BCUT2D eigenvalue weighted by Gasteiger charge is 2.29. The molecule has 0 heterocycles. The number of phosphoric ester groups is 1. The largest absolute Gasteiger partial charge is 0.470 e. The first kappa shape index (κ1) is 35.4. The van der Waals surface area contributed by atoms with E-state index < -0.39 is 13.9 Å². The van der Waals surface area contributed by atoms with Crippen LogP contribution in [0.1, 0.15) is 116 Å². The average molecular weight is 541 g/mol. The molecule has 212 valence electrons. The summed E-state index contributed by atoms with van der Waals surface area (Å²) < 4.78 is 22.6. The van der Waals surface area contributed by atoms with Gasteiger partial charge in [-0.15, -0.1) is 0 Å². The van der Waals surface area contributed by atoms with Crippen molar-refractivity contribution in [3.63, 3.8) is 0 Å². The van der Waals surface area contributed by atoms with Gasteiger partial charge in [0.25, 0.3) is 0 Å². The van der Waals surface area contributed by atoms with E-state index in [9.17, 15) is 14.4 Å². The monoisotopic (exact) mass is 540 g/mol. The quantitative estimate of drug-likeness (QED) is 0.0669. The van der Waals surface area contributed by atoms with E-state index >= 15 is 0 Å². The van der Waals surface area contributed by atoms with Gasteiger partial charge in [0.15, 0.2) is 0 Å². The zero-order valence-corrected chi connectivity index (χ0v) is 25.4. The molecule has 0 spiro atoms. The number of nitrogens with zero attached hydrogens (tertiary/aromatic N) is 1. The van der Waals surface area contributed by atoms with Crippen LogP contribution in [0, 0.1) is 0 Å². The summed E-state index contributed by atoms with van der Waals surface area (Å²) in [5.41, 5.74) is 0. The van der Waals surface area contributed by atoms with Crippen molar-refractivity contribution in [1.29, 1.82) is 0 Å². The standard InChI is InChI=1S/C27H58NO5PS/c1-6-7-8-9-10-11-12-13-14-15-16-17-18-19-20-21-22-35-25-27(32-5)23-26(24-28(2,3)4)33-34(29,30)31/h26-27H,6-25H2,1-5H3,(H-,29,30,31)/p+1. The van der Waals surface area contributed by atoms with Crippen molar-refractivity contribution in [2.45, 2.75) is 128 Å². The lowest BCUT2D eigenvalue weighted by atomic mass is 10.0. The summed E-state index contributed by atoms with van der Waals surface area (Å²) >= 11 is 1.87. The summed E-state index contributed by atoms with van der Waals surface area (Å²) in [5.74, 6) is 1.94. The third-order valence-electron chi connectivity index (χ3n) is 6.34. The summed E-state index contributed by atoms with van der Waals surface area (Å²) in [4.78, 5) is 18.5. The lowest BCUT2D eigenvalue weighted by Gasteiger charge is -2.30. The van der Waals surface area contributed by atoms with Gasteiger partial charge in [0.05, 0.1) is 27.2 Å². The highest BCUT2D eigenvalue weighted by molar-refractivity contribution is 7.99. The number of hydrogen-bond acceptors (Lipinski definition) is 4. The third-order valence-corrected chi connectivity index (χ3v) is 8.10. The molecule has 0 aromatic carbocycles. The number of quaternary nitrogens is 1. The topological polar surface area (TPSA) is 76.0 Å². The van der Waals surface area contributed by atoms with Crippen LogP contribution in [0.15, 0.2) is 0 Å². The van der Waals surface area contributed by atoms with Crippen LogP contribution in [0.25, 0.3) is 0 Å². The zero-order valence-electron chi connectivity index (χ0n) is 23.7. The fraction of sp³-hybridized carbons (Fsp3) is 1.00. The summed E-state index contributed by atoms with van der Waals surface area (Å²) in [6.07, 6.45) is 22.0. The second-order valence-corrected chi connectivity index (χ2v) is 13.5. The Balaban J connectivity index is 3.67. The average Bonchev–Trinajstić information content (AvgIpc) is 2.75. The molecule has 0 aliphatic carbocycles. The first-order valence-electron chi connectivity index (χ1n) is 14.2. The Morgan fingerprint density at radius 3 is 1.54 bits per heavy atom. The van der Waals surface area contributed by atoms with E-state index in [1.165, 1.54) is 103 Å². The highest BCUT2D eigenvalue weighted by atomic mass is 32.2. The van der Waals surface area contributed by atoms with Crippen molar-refractivity contribution in [3.05, 3.63) is 0 Å². The molecule has 0 fully saturated rings. The fourth-order valence-electron chi connectivity index (χ4n) is 4.45. The van der Waals surface area contributed by atoms with Gasteiger partial charge in [-0.05, 0) is 12.2 Å². The number of phosphoric acid groups is 1. The Morgan fingerprint density at radius 2 is 1.17 bits per heavy atom. The summed E-state index contributed by atoms with van der Waals surface area (Å²) in [7, 11) is 3.12. The molecule has 35 heavy (non-hydrogen) atoms. The molecular weight excluding hydrogens is 481 g/mol. The molecule has 8 heteroatoms. The SMILES string of the molecule is CCCCCCCCCCCCCCCCCCSCC(CC(C[N+](C)(C)C)OP(=O)(O)O)OC. The molecule has 0 aromatic heterocycles. The Kier molecular flexibility index (Phi) is 22.6. The number of likely N-dealkylation sites (N-methyl/N-ethyl adjacent to an activating group) is 1. The molecule has 6 nitrogen and oxygen atoms in total. The number of thioether (sulfide) groups is 1. The second kappa shape index (κ2) is 22.4. The molecule has 2 atom stereocenters. The molecule has 0 radical (unpaired) electrons. The molecule has 0 bridgehead atoms. The van der Waals surface area contributed by atoms with Crippen LogP contribution in [0.4, 0.5) is 0 Å². The van der Waals surface area contributed by atoms with Gasteiger partial charge < -0.3 is 19.0 Å². The van der Waals surface area contributed by atoms with Crippen LogP contribution >= 0.6 is 19.6 Å². The van der Waals surface area contributed by atoms with Crippen LogP contribution in [0.2, 0.25) is 0 Å². The summed E-state index contributed by atoms with van der Waals surface area (Å²) in [6.45, 7) is 2.80. The second-order valence-electron chi connectivity index (χ2n) is 11.2. The third kappa shape index (κ3) is 27.2. The van der Waals surface area contributed by atoms with Crippen LogP contribution < -0.4 is 0 Å². The van der Waals surface area contributed by atoms with E-state index in [4.69, 9.17) is 9.26 Å². The van der Waals surface area contributed by atoms with Gasteiger partial charge in [-0.25, -0.2) is 4.57 Å². The van der Waals surface area contributed by atoms with Gasteiger partial charge in [-0.3, -0.25) is 4.52 Å². The Labute approximate surface area is 222 Å². The van der Waals surface area contributed by atoms with Crippen molar-refractivity contribution in [1.82, 2.24) is 0 Å². The van der Waals surface area contributed by atoms with Gasteiger partial charge in [0.2, 0.25) is 0 Å². The van der Waals surface area contributed by atoms with Crippen molar-refractivity contribution in [2.24, 2.45) is 0 Å². The lowest BCUT2D eigenvalue weighted by molar-refractivity contribution is -0.873. The van der Waals surface area contributed by atoms with E-state index in [-0.39, 0.29) is 6.10 Å². The molecule has 0 aliphatic heterocycles. The van der Waals surface area contributed by atoms with Crippen molar-refractivity contribution >= 4 is 19.6 Å². The van der Waals surface area contributed by atoms with E-state index in [0.717, 1.165) is 11.5 Å². The number of unbranched alkanes of at least 4 members (excludes halogenated alkanes) is 15. The molecule has 0 saturated carbocycles. The predicted molar refractivity (Wildman–Crippen MR) is 152 cm³/mol. The zero-order chi connectivity index (χ0) is 26.4. The molecule has 0 aliphatic rings. The number of hydrogen-bond donors (Lipinski definition) is 2. The molecule has 0 saturated heterocycles. The smallest absolute Gasteiger partial charge is 0.380 e. The van der Waals surface area contributed by atoms with E-state index in [1.807, 2.05) is 32.9 Å². The van der Waals surface area contributed by atoms with Crippen LogP contribution in [0.5, 0.6) is 0 Å². The number of rotatable bonds is 26. The first-order valence-corrected chi connectivity index (χ1v) is 16.9. The minimum atomic E-state index is -4.51. The molecular formula is C27H59NO5PS+. The number of ether oxygens (including phenoxy) is 1. The van der Waals surface area contributed by atoms with E-state index in [2.05, 4.69) is 6.92 Å². The number of methoxy groups -OCH3 is 1. The van der Waals surface area contributed by atoms with Gasteiger partial charge in [0, 0.05) is 19.3 Å². The minimum Gasteiger partial charge on any atom is -0.380 e. The van der Waals surface area contributed by atoms with E-state index in [1.54, 1.807) is 7.11 Å². The molecule has 2 unspecified atom stereocenters.